The zero-order valence-electron chi connectivity index (χ0n) is 7.46. The Bertz CT molecular complexity index is 345. The highest BCUT2D eigenvalue weighted by molar-refractivity contribution is 7.12. The number of rotatable bonds is 0. The summed E-state index contributed by atoms with van der Waals surface area (Å²) in [7, 11) is 0. The topological polar surface area (TPSA) is 55.1 Å². The summed E-state index contributed by atoms with van der Waals surface area (Å²) >= 11 is 1.67. The number of thiophene rings is 1. The fraction of sp³-hybridized carbons (Fsp3) is 0.444. The molecule has 4 heteroatoms. The van der Waals surface area contributed by atoms with E-state index in [-0.39, 0.29) is 11.9 Å². The van der Waals surface area contributed by atoms with Gasteiger partial charge in [0.2, 0.25) is 5.91 Å². The standard InChI is InChI=1S/C9H12N2OS/c1-5-4-7-9(13-5)6(10)2-3-8(12)11-7/h4,6H,2-3,10H2,1H3,(H,11,12). The molecule has 1 amide bonds. The van der Waals surface area contributed by atoms with Crippen molar-refractivity contribution >= 4 is 22.9 Å². The lowest BCUT2D eigenvalue weighted by Crippen LogP contribution is -2.09. The number of hydrogen-bond acceptors (Lipinski definition) is 3. The second-order valence-electron chi connectivity index (χ2n) is 3.33. The van der Waals surface area contributed by atoms with Gasteiger partial charge in [0.05, 0.1) is 5.69 Å². The van der Waals surface area contributed by atoms with Crippen LogP contribution in [0.5, 0.6) is 0 Å². The summed E-state index contributed by atoms with van der Waals surface area (Å²) in [6.45, 7) is 2.03. The summed E-state index contributed by atoms with van der Waals surface area (Å²) in [5.41, 5.74) is 6.85. The predicted molar refractivity (Wildman–Crippen MR) is 53.8 cm³/mol. The van der Waals surface area contributed by atoms with Crippen molar-refractivity contribution in [3.63, 3.8) is 0 Å². The molecule has 1 aromatic rings. The molecule has 1 unspecified atom stereocenters. The maximum absolute atomic E-state index is 11.2. The lowest BCUT2D eigenvalue weighted by molar-refractivity contribution is -0.116. The maximum atomic E-state index is 11.2. The second-order valence-corrected chi connectivity index (χ2v) is 4.62. The predicted octanol–water partition coefficient (Wildman–Crippen LogP) is 1.79. The summed E-state index contributed by atoms with van der Waals surface area (Å²) < 4.78 is 0. The van der Waals surface area contributed by atoms with Crippen molar-refractivity contribution in [2.45, 2.75) is 25.8 Å². The average Bonchev–Trinajstić information content (AvgIpc) is 2.37. The van der Waals surface area contributed by atoms with Crippen LogP contribution in [0.2, 0.25) is 0 Å². The van der Waals surface area contributed by atoms with Crippen LogP contribution >= 0.6 is 11.3 Å². The number of amides is 1. The number of nitrogens with two attached hydrogens (primary N) is 1. The van der Waals surface area contributed by atoms with Gasteiger partial charge in [-0.3, -0.25) is 4.79 Å². The third kappa shape index (κ3) is 1.59. The summed E-state index contributed by atoms with van der Waals surface area (Å²) in [5.74, 6) is 0.0759. The highest BCUT2D eigenvalue weighted by atomic mass is 32.1. The highest BCUT2D eigenvalue weighted by Crippen LogP contribution is 2.35. The van der Waals surface area contributed by atoms with Gasteiger partial charge in [-0.25, -0.2) is 0 Å². The first-order chi connectivity index (χ1) is 6.16. The van der Waals surface area contributed by atoms with Gasteiger partial charge in [0, 0.05) is 22.2 Å². The quantitative estimate of drug-likeness (QED) is 0.664. The summed E-state index contributed by atoms with van der Waals surface area (Å²) in [6, 6.07) is 2.01. The average molecular weight is 196 g/mol. The normalized spacial score (nSPS) is 22.0. The fourth-order valence-corrected chi connectivity index (χ4v) is 2.55. The van der Waals surface area contributed by atoms with Crippen LogP contribution in [0.4, 0.5) is 5.69 Å². The fourth-order valence-electron chi connectivity index (χ4n) is 1.54. The Morgan fingerprint density at radius 1 is 1.69 bits per heavy atom. The molecule has 0 saturated carbocycles. The number of hydrogen-bond donors (Lipinski definition) is 2. The Kier molecular flexibility index (Phi) is 2.09. The summed E-state index contributed by atoms with van der Waals surface area (Å²) in [6.07, 6.45) is 1.28. The molecule has 0 bridgehead atoms. The van der Waals surface area contributed by atoms with Crippen LogP contribution < -0.4 is 11.1 Å². The van der Waals surface area contributed by atoms with E-state index in [9.17, 15) is 4.79 Å². The second kappa shape index (κ2) is 3.12. The molecule has 0 radical (unpaired) electrons. The van der Waals surface area contributed by atoms with Gasteiger partial charge < -0.3 is 11.1 Å². The van der Waals surface area contributed by atoms with E-state index < -0.39 is 0 Å². The lowest BCUT2D eigenvalue weighted by atomic mass is 10.1. The Balaban J connectivity index is 2.42. The van der Waals surface area contributed by atoms with E-state index >= 15 is 0 Å². The van der Waals surface area contributed by atoms with Crippen molar-refractivity contribution < 1.29 is 4.79 Å². The summed E-state index contributed by atoms with van der Waals surface area (Å²) in [5, 5.41) is 2.87. The van der Waals surface area contributed by atoms with Crippen molar-refractivity contribution in [2.24, 2.45) is 5.73 Å². The highest BCUT2D eigenvalue weighted by Gasteiger charge is 2.20. The zero-order chi connectivity index (χ0) is 9.42. The molecule has 0 saturated heterocycles. The van der Waals surface area contributed by atoms with E-state index in [0.29, 0.717) is 6.42 Å². The van der Waals surface area contributed by atoms with Crippen LogP contribution in [0.3, 0.4) is 0 Å². The van der Waals surface area contributed by atoms with Crippen molar-refractivity contribution in [3.8, 4) is 0 Å². The van der Waals surface area contributed by atoms with Gasteiger partial charge in [0.1, 0.15) is 0 Å². The van der Waals surface area contributed by atoms with E-state index in [4.69, 9.17) is 5.73 Å². The molecule has 1 aromatic heterocycles. The van der Waals surface area contributed by atoms with E-state index in [1.807, 2.05) is 13.0 Å². The molecule has 0 fully saturated rings. The molecule has 0 aromatic carbocycles. The molecule has 1 aliphatic heterocycles. The first-order valence-corrected chi connectivity index (χ1v) is 5.14. The number of anilines is 1. The van der Waals surface area contributed by atoms with Crippen LogP contribution in [-0.2, 0) is 4.79 Å². The molecule has 2 rings (SSSR count). The van der Waals surface area contributed by atoms with Crippen molar-refractivity contribution in [1.82, 2.24) is 0 Å². The van der Waals surface area contributed by atoms with Crippen LogP contribution in [0.1, 0.15) is 28.6 Å². The van der Waals surface area contributed by atoms with Crippen molar-refractivity contribution in [1.29, 1.82) is 0 Å². The van der Waals surface area contributed by atoms with Crippen LogP contribution in [0.25, 0.3) is 0 Å². The minimum absolute atomic E-state index is 0.0210. The number of aryl methyl sites for hydroxylation is 1. The van der Waals surface area contributed by atoms with Gasteiger partial charge in [0.25, 0.3) is 0 Å². The van der Waals surface area contributed by atoms with Gasteiger partial charge in [-0.05, 0) is 19.4 Å². The third-order valence-corrected chi connectivity index (χ3v) is 3.36. The van der Waals surface area contributed by atoms with E-state index in [2.05, 4.69) is 5.32 Å². The molecule has 70 valence electrons. The van der Waals surface area contributed by atoms with Gasteiger partial charge in [-0.15, -0.1) is 11.3 Å². The Labute approximate surface area is 80.9 Å². The zero-order valence-corrected chi connectivity index (χ0v) is 8.28. The molecular weight excluding hydrogens is 184 g/mol. The molecule has 0 spiro atoms. The number of nitrogens with one attached hydrogen (secondary N) is 1. The first kappa shape index (κ1) is 8.72. The van der Waals surface area contributed by atoms with Crippen LogP contribution in [-0.4, -0.2) is 5.91 Å². The Morgan fingerprint density at radius 3 is 3.23 bits per heavy atom. The van der Waals surface area contributed by atoms with Crippen molar-refractivity contribution in [2.75, 3.05) is 5.32 Å². The number of carbonyl (C=O) groups is 1. The van der Waals surface area contributed by atoms with Crippen molar-refractivity contribution in [3.05, 3.63) is 15.8 Å². The molecule has 2 heterocycles. The minimum Gasteiger partial charge on any atom is -0.325 e. The van der Waals surface area contributed by atoms with E-state index in [0.717, 1.165) is 17.0 Å². The molecular formula is C9H12N2OS. The number of fused-ring (bicyclic) bond motifs is 1. The molecule has 3 nitrogen and oxygen atoms in total. The largest absolute Gasteiger partial charge is 0.325 e. The molecule has 3 N–H and O–H groups in total. The van der Waals surface area contributed by atoms with Gasteiger partial charge in [-0.2, -0.15) is 0 Å². The smallest absolute Gasteiger partial charge is 0.224 e. The SMILES string of the molecule is Cc1cc2c(s1)C(N)CCC(=O)N2. The molecule has 1 aliphatic rings. The minimum atomic E-state index is 0.0210. The lowest BCUT2D eigenvalue weighted by Gasteiger charge is -2.05. The van der Waals surface area contributed by atoms with Gasteiger partial charge in [-0.1, -0.05) is 0 Å². The Morgan fingerprint density at radius 2 is 2.46 bits per heavy atom. The van der Waals surface area contributed by atoms with E-state index in [1.54, 1.807) is 11.3 Å². The van der Waals surface area contributed by atoms with Crippen LogP contribution in [0, 0.1) is 6.92 Å². The molecule has 0 aliphatic carbocycles. The third-order valence-electron chi connectivity index (χ3n) is 2.18. The monoisotopic (exact) mass is 196 g/mol. The van der Waals surface area contributed by atoms with Crippen LogP contribution in [0.15, 0.2) is 6.07 Å². The molecule has 13 heavy (non-hydrogen) atoms. The molecule has 1 atom stereocenters. The van der Waals surface area contributed by atoms with Gasteiger partial charge >= 0.3 is 0 Å². The number of carbonyl (C=O) groups excluding carboxylic acids is 1. The maximum Gasteiger partial charge on any atom is 0.224 e. The van der Waals surface area contributed by atoms with Gasteiger partial charge in [0.15, 0.2) is 0 Å². The summed E-state index contributed by atoms with van der Waals surface area (Å²) in [4.78, 5) is 13.5. The van der Waals surface area contributed by atoms with E-state index in [1.165, 1.54) is 4.88 Å². The Hall–Kier alpha value is -0.870. The first-order valence-electron chi connectivity index (χ1n) is 4.32.